The highest BCUT2D eigenvalue weighted by Gasteiger charge is 2.01. The average molecular weight is 271 g/mol. The van der Waals surface area contributed by atoms with E-state index in [1.165, 1.54) is 6.07 Å². The highest BCUT2D eigenvalue weighted by Crippen LogP contribution is 2.18. The molecule has 1 aromatic heterocycles. The minimum absolute atomic E-state index is 0.122. The van der Waals surface area contributed by atoms with Gasteiger partial charge in [0.15, 0.2) is 0 Å². The van der Waals surface area contributed by atoms with Crippen molar-refractivity contribution in [1.82, 2.24) is 4.98 Å². The highest BCUT2D eigenvalue weighted by molar-refractivity contribution is 6.30. The molecular formula is C12H9Cl2FN2. The number of hydrogen-bond donors (Lipinski definition) is 1. The second-order valence-electron chi connectivity index (χ2n) is 3.47. The fourth-order valence-corrected chi connectivity index (χ4v) is 1.74. The van der Waals surface area contributed by atoms with Gasteiger partial charge in [-0.2, -0.15) is 0 Å². The van der Waals surface area contributed by atoms with Gasteiger partial charge in [-0.25, -0.2) is 9.37 Å². The first-order valence-corrected chi connectivity index (χ1v) is 5.70. The molecule has 0 aliphatic heterocycles. The van der Waals surface area contributed by atoms with E-state index in [4.69, 9.17) is 23.2 Å². The summed E-state index contributed by atoms with van der Waals surface area (Å²) in [5.41, 5.74) is 1.75. The third-order valence-corrected chi connectivity index (χ3v) is 2.70. The molecule has 0 saturated heterocycles. The second kappa shape index (κ2) is 5.34. The minimum atomic E-state index is -0.414. The molecule has 17 heavy (non-hydrogen) atoms. The van der Waals surface area contributed by atoms with Crippen LogP contribution in [0.1, 0.15) is 5.56 Å². The molecule has 0 aliphatic carbocycles. The van der Waals surface area contributed by atoms with Crippen LogP contribution in [0.3, 0.4) is 0 Å². The Kier molecular flexibility index (Phi) is 3.82. The molecule has 1 heterocycles. The van der Waals surface area contributed by atoms with Gasteiger partial charge in [0.05, 0.1) is 5.02 Å². The van der Waals surface area contributed by atoms with Crippen molar-refractivity contribution in [3.05, 3.63) is 58.1 Å². The zero-order valence-electron chi connectivity index (χ0n) is 8.75. The molecule has 1 N–H and O–H groups in total. The van der Waals surface area contributed by atoms with Crippen molar-refractivity contribution in [2.75, 3.05) is 5.32 Å². The van der Waals surface area contributed by atoms with Crippen LogP contribution in [0, 0.1) is 5.82 Å². The van der Waals surface area contributed by atoms with Gasteiger partial charge in [-0.15, -0.1) is 0 Å². The van der Waals surface area contributed by atoms with Crippen molar-refractivity contribution in [2.24, 2.45) is 0 Å². The summed E-state index contributed by atoms with van der Waals surface area (Å²) < 4.78 is 12.9. The van der Waals surface area contributed by atoms with E-state index in [1.807, 2.05) is 0 Å². The van der Waals surface area contributed by atoms with Crippen molar-refractivity contribution in [3.8, 4) is 0 Å². The number of halogens is 3. The number of pyridine rings is 1. The molecule has 88 valence electrons. The molecule has 0 fully saturated rings. The standard InChI is InChI=1S/C12H9Cl2FN2/c13-10-5-8(1-2-11(10)15)7-17-9-3-4-16-12(14)6-9/h1-6H,7H2,(H,16,17). The van der Waals surface area contributed by atoms with Crippen molar-refractivity contribution in [1.29, 1.82) is 0 Å². The fourth-order valence-electron chi connectivity index (χ4n) is 1.37. The predicted molar refractivity (Wildman–Crippen MR) is 68.0 cm³/mol. The molecule has 5 heteroatoms. The number of nitrogens with one attached hydrogen (secondary N) is 1. The number of anilines is 1. The lowest BCUT2D eigenvalue weighted by molar-refractivity contribution is 0.627. The quantitative estimate of drug-likeness (QED) is 0.848. The van der Waals surface area contributed by atoms with Crippen LogP contribution in [-0.2, 0) is 6.54 Å². The van der Waals surface area contributed by atoms with Crippen LogP contribution in [0.2, 0.25) is 10.2 Å². The molecule has 0 bridgehead atoms. The molecule has 0 spiro atoms. The van der Waals surface area contributed by atoms with Crippen molar-refractivity contribution >= 4 is 28.9 Å². The molecule has 2 nitrogen and oxygen atoms in total. The summed E-state index contributed by atoms with van der Waals surface area (Å²) >= 11 is 11.4. The lowest BCUT2D eigenvalue weighted by atomic mass is 10.2. The van der Waals surface area contributed by atoms with E-state index in [0.29, 0.717) is 11.7 Å². The molecule has 0 amide bonds. The first-order valence-electron chi connectivity index (χ1n) is 4.94. The van der Waals surface area contributed by atoms with Crippen molar-refractivity contribution < 1.29 is 4.39 Å². The maximum absolute atomic E-state index is 12.9. The monoisotopic (exact) mass is 270 g/mol. The van der Waals surface area contributed by atoms with E-state index in [0.717, 1.165) is 11.3 Å². The SMILES string of the molecule is Fc1ccc(CNc2ccnc(Cl)c2)cc1Cl. The second-order valence-corrected chi connectivity index (χ2v) is 4.26. The maximum Gasteiger partial charge on any atom is 0.141 e. The summed E-state index contributed by atoms with van der Waals surface area (Å²) in [6, 6.07) is 8.13. The lowest BCUT2D eigenvalue weighted by Gasteiger charge is -2.07. The van der Waals surface area contributed by atoms with E-state index in [1.54, 1.807) is 30.5 Å². The minimum Gasteiger partial charge on any atom is -0.381 e. The van der Waals surface area contributed by atoms with Crippen LogP contribution >= 0.6 is 23.2 Å². The third kappa shape index (κ3) is 3.32. The van der Waals surface area contributed by atoms with Gasteiger partial charge in [0.2, 0.25) is 0 Å². The van der Waals surface area contributed by atoms with Gasteiger partial charge in [0.25, 0.3) is 0 Å². The molecule has 1 aromatic carbocycles. The Bertz CT molecular complexity index is 532. The summed E-state index contributed by atoms with van der Waals surface area (Å²) in [5.74, 6) is -0.414. The van der Waals surface area contributed by atoms with Crippen LogP contribution in [-0.4, -0.2) is 4.98 Å². The van der Waals surface area contributed by atoms with Gasteiger partial charge >= 0.3 is 0 Å². The normalized spacial score (nSPS) is 10.3. The van der Waals surface area contributed by atoms with Gasteiger partial charge in [0.1, 0.15) is 11.0 Å². The van der Waals surface area contributed by atoms with Gasteiger partial charge in [0, 0.05) is 18.4 Å². The summed E-state index contributed by atoms with van der Waals surface area (Å²) in [7, 11) is 0. The Balaban J connectivity index is 2.05. The van der Waals surface area contributed by atoms with Crippen LogP contribution in [0.4, 0.5) is 10.1 Å². The summed E-state index contributed by atoms with van der Waals surface area (Å²) in [6.45, 7) is 0.542. The molecular weight excluding hydrogens is 262 g/mol. The maximum atomic E-state index is 12.9. The number of benzene rings is 1. The van der Waals surface area contributed by atoms with E-state index >= 15 is 0 Å². The summed E-state index contributed by atoms with van der Waals surface area (Å²) in [6.07, 6.45) is 1.61. The van der Waals surface area contributed by atoms with Crippen LogP contribution < -0.4 is 5.32 Å². The molecule has 0 saturated carbocycles. The topological polar surface area (TPSA) is 24.9 Å². The Hall–Kier alpha value is -1.32. The number of nitrogens with zero attached hydrogens (tertiary/aromatic N) is 1. The fraction of sp³-hybridized carbons (Fsp3) is 0.0833. The van der Waals surface area contributed by atoms with E-state index < -0.39 is 5.82 Å². The largest absolute Gasteiger partial charge is 0.381 e. The Morgan fingerprint density at radius 2 is 2.00 bits per heavy atom. The average Bonchev–Trinajstić information content (AvgIpc) is 2.31. The van der Waals surface area contributed by atoms with Crippen molar-refractivity contribution in [3.63, 3.8) is 0 Å². The van der Waals surface area contributed by atoms with Gasteiger partial charge < -0.3 is 5.32 Å². The molecule has 0 unspecified atom stereocenters. The van der Waals surface area contributed by atoms with E-state index in [-0.39, 0.29) is 5.02 Å². The molecule has 0 radical (unpaired) electrons. The zero-order chi connectivity index (χ0) is 12.3. The predicted octanol–water partition coefficient (Wildman–Crippen LogP) is 4.14. The third-order valence-electron chi connectivity index (χ3n) is 2.21. The smallest absolute Gasteiger partial charge is 0.141 e. The number of rotatable bonds is 3. The van der Waals surface area contributed by atoms with Crippen LogP contribution in [0.15, 0.2) is 36.5 Å². The number of aromatic nitrogens is 1. The van der Waals surface area contributed by atoms with Crippen LogP contribution in [0.25, 0.3) is 0 Å². The van der Waals surface area contributed by atoms with Crippen LogP contribution in [0.5, 0.6) is 0 Å². The Morgan fingerprint density at radius 1 is 1.18 bits per heavy atom. The first-order chi connectivity index (χ1) is 8.15. The highest BCUT2D eigenvalue weighted by atomic mass is 35.5. The Morgan fingerprint density at radius 3 is 2.71 bits per heavy atom. The molecule has 0 aliphatic rings. The first kappa shape index (κ1) is 12.1. The summed E-state index contributed by atoms with van der Waals surface area (Å²) in [4.78, 5) is 3.88. The van der Waals surface area contributed by atoms with Gasteiger partial charge in [-0.1, -0.05) is 29.3 Å². The number of hydrogen-bond acceptors (Lipinski definition) is 2. The zero-order valence-corrected chi connectivity index (χ0v) is 10.3. The van der Waals surface area contributed by atoms with E-state index in [2.05, 4.69) is 10.3 Å². The lowest BCUT2D eigenvalue weighted by Crippen LogP contribution is -1.99. The van der Waals surface area contributed by atoms with Gasteiger partial charge in [-0.05, 0) is 29.8 Å². The molecule has 2 rings (SSSR count). The summed E-state index contributed by atoms with van der Waals surface area (Å²) in [5, 5.41) is 3.69. The van der Waals surface area contributed by atoms with Gasteiger partial charge in [-0.3, -0.25) is 0 Å². The van der Waals surface area contributed by atoms with Crippen molar-refractivity contribution in [2.45, 2.75) is 6.54 Å². The van der Waals surface area contributed by atoms with E-state index in [9.17, 15) is 4.39 Å². The Labute approximate surface area is 108 Å². The molecule has 2 aromatic rings. The molecule has 0 atom stereocenters.